The second kappa shape index (κ2) is 4.39. The van der Waals surface area contributed by atoms with Crippen LogP contribution >= 0.6 is 0 Å². The first-order chi connectivity index (χ1) is 2.41. The van der Waals surface area contributed by atoms with Gasteiger partial charge in [-0.3, -0.25) is 0 Å². The molecule has 0 saturated carbocycles. The summed E-state index contributed by atoms with van der Waals surface area (Å²) < 4.78 is 0. The van der Waals surface area contributed by atoms with Crippen molar-refractivity contribution in [1.82, 2.24) is 4.98 Å². The Morgan fingerprint density at radius 1 is 2.00 bits per heavy atom. The topological polar surface area (TPSA) is 12.0 Å². The Morgan fingerprint density at radius 2 is 2.60 bits per heavy atom. The zero-order valence-corrected chi connectivity index (χ0v) is 7.33. The summed E-state index contributed by atoms with van der Waals surface area (Å²) in [6.45, 7) is 3.35. The van der Waals surface area contributed by atoms with Crippen LogP contribution in [0, 0.1) is 0 Å². The van der Waals surface area contributed by atoms with E-state index in [1.165, 1.54) is 16.3 Å². The van der Waals surface area contributed by atoms with Crippen molar-refractivity contribution < 1.29 is 0 Å². The van der Waals surface area contributed by atoms with E-state index in [0.717, 1.165) is 0 Å². The van der Waals surface area contributed by atoms with Gasteiger partial charge in [0, 0.05) is 9.76 Å². The molecular formula is C2H11NSi2. The standard InChI is InChI=1S/C2H11NSi2/c1-2-3-5-4/h3H,2,5H2,1,4H3. The zero-order valence-electron chi connectivity index (χ0n) is 3.91. The fourth-order valence-corrected chi connectivity index (χ4v) is 2.25. The van der Waals surface area contributed by atoms with Crippen LogP contribution in [0.2, 0.25) is 0 Å². The van der Waals surface area contributed by atoms with E-state index in [4.69, 9.17) is 0 Å². The fourth-order valence-electron chi connectivity index (χ4n) is 0.250. The van der Waals surface area contributed by atoms with Crippen molar-refractivity contribution in [2.24, 2.45) is 0 Å². The molecule has 0 aliphatic rings. The second-order valence-corrected chi connectivity index (χ2v) is 4.29. The molecule has 0 unspecified atom stereocenters. The van der Waals surface area contributed by atoms with E-state index < -0.39 is 0 Å². The fraction of sp³-hybridized carbons (Fsp3) is 1.00. The van der Waals surface area contributed by atoms with Gasteiger partial charge in [0.15, 0.2) is 0 Å². The molecule has 0 aliphatic heterocycles. The summed E-state index contributed by atoms with van der Waals surface area (Å²) in [5, 5.41) is 0. The SMILES string of the molecule is CCN[SiH2][SiH3]. The molecule has 0 aromatic rings. The van der Waals surface area contributed by atoms with Crippen LogP contribution in [0.3, 0.4) is 0 Å². The van der Waals surface area contributed by atoms with Gasteiger partial charge in [-0.1, -0.05) is 6.92 Å². The average molecular weight is 105 g/mol. The summed E-state index contributed by atoms with van der Waals surface area (Å²) in [5.74, 6) is 0. The first-order valence-corrected chi connectivity index (χ1v) is 8.49. The third kappa shape index (κ3) is 4.39. The minimum absolute atomic E-state index is 0.303. The van der Waals surface area contributed by atoms with Crippen molar-refractivity contribution in [3.8, 4) is 0 Å². The Kier molecular flexibility index (Phi) is 4.74. The third-order valence-electron chi connectivity index (χ3n) is 0.500. The molecule has 0 amide bonds. The van der Waals surface area contributed by atoms with E-state index in [9.17, 15) is 0 Å². The van der Waals surface area contributed by atoms with Gasteiger partial charge in [-0.25, -0.2) is 0 Å². The minimum atomic E-state index is 0.303. The summed E-state index contributed by atoms with van der Waals surface area (Å²) >= 11 is 0. The Morgan fingerprint density at radius 3 is 2.60 bits per heavy atom. The van der Waals surface area contributed by atoms with E-state index >= 15 is 0 Å². The number of rotatable bonds is 2. The molecule has 0 aromatic carbocycles. The van der Waals surface area contributed by atoms with E-state index in [0.29, 0.717) is 9.20 Å². The smallest absolute Gasteiger partial charge is 0.0721 e. The van der Waals surface area contributed by atoms with Crippen LogP contribution in [0.5, 0.6) is 0 Å². The van der Waals surface area contributed by atoms with Crippen LogP contribution in [0.4, 0.5) is 0 Å². The highest BCUT2D eigenvalue weighted by molar-refractivity contribution is 6.87. The summed E-state index contributed by atoms with van der Waals surface area (Å²) in [6.07, 6.45) is 0. The highest BCUT2D eigenvalue weighted by Gasteiger charge is 1.64. The van der Waals surface area contributed by atoms with E-state index in [-0.39, 0.29) is 0 Å². The Bertz CT molecular complexity index is 15.1. The van der Waals surface area contributed by atoms with Crippen molar-refractivity contribution >= 4 is 19.0 Å². The van der Waals surface area contributed by atoms with Gasteiger partial charge >= 0.3 is 0 Å². The van der Waals surface area contributed by atoms with Crippen LogP contribution in [-0.2, 0) is 0 Å². The molecule has 0 radical (unpaired) electrons. The Hall–Kier alpha value is 0.394. The molecule has 5 heavy (non-hydrogen) atoms. The van der Waals surface area contributed by atoms with Crippen LogP contribution < -0.4 is 4.98 Å². The van der Waals surface area contributed by atoms with Gasteiger partial charge in [-0.2, -0.15) is 0 Å². The molecule has 3 heteroatoms. The predicted molar refractivity (Wildman–Crippen MR) is 32.2 cm³/mol. The largest absolute Gasteiger partial charge is 0.345 e. The van der Waals surface area contributed by atoms with Gasteiger partial charge in [0.05, 0.1) is 9.20 Å². The molecule has 0 atom stereocenters. The zero-order chi connectivity index (χ0) is 4.12. The number of hydrogen-bond donors (Lipinski definition) is 1. The normalized spacial score (nSPS) is 11.4. The van der Waals surface area contributed by atoms with Gasteiger partial charge < -0.3 is 4.98 Å². The monoisotopic (exact) mass is 105 g/mol. The molecule has 0 rings (SSSR count). The Labute approximate surface area is 38.3 Å². The minimum Gasteiger partial charge on any atom is -0.345 e. The molecule has 1 N–H and O–H groups in total. The number of nitrogens with one attached hydrogen (secondary N) is 1. The quantitative estimate of drug-likeness (QED) is 0.399. The van der Waals surface area contributed by atoms with Crippen molar-refractivity contribution in [3.05, 3.63) is 0 Å². The van der Waals surface area contributed by atoms with Crippen LogP contribution in [0.1, 0.15) is 6.92 Å². The van der Waals surface area contributed by atoms with Crippen LogP contribution in [-0.4, -0.2) is 25.5 Å². The lowest BCUT2D eigenvalue weighted by molar-refractivity contribution is 1.02. The molecule has 0 saturated heterocycles. The van der Waals surface area contributed by atoms with E-state index in [1.807, 2.05) is 0 Å². The maximum Gasteiger partial charge on any atom is 0.0721 e. The lowest BCUT2D eigenvalue weighted by atomic mass is 10.8. The van der Waals surface area contributed by atoms with Gasteiger partial charge in [0.25, 0.3) is 0 Å². The molecule has 1 nitrogen and oxygen atoms in total. The Balaban J connectivity index is 2.19. The maximum atomic E-state index is 3.31. The van der Waals surface area contributed by atoms with Crippen molar-refractivity contribution in [2.45, 2.75) is 6.92 Å². The molecule has 0 fully saturated rings. The van der Waals surface area contributed by atoms with E-state index in [2.05, 4.69) is 11.9 Å². The van der Waals surface area contributed by atoms with Gasteiger partial charge in [0.1, 0.15) is 0 Å². The van der Waals surface area contributed by atoms with Crippen LogP contribution in [0.15, 0.2) is 0 Å². The molecule has 0 bridgehead atoms. The molecular weight excluding hydrogens is 94.2 g/mol. The van der Waals surface area contributed by atoms with E-state index in [1.54, 1.807) is 0 Å². The van der Waals surface area contributed by atoms with Gasteiger partial charge in [-0.15, -0.1) is 0 Å². The average Bonchev–Trinajstić information content (AvgIpc) is 1.41. The summed E-state index contributed by atoms with van der Waals surface area (Å²) in [7, 11) is 1.73. The van der Waals surface area contributed by atoms with Crippen molar-refractivity contribution in [3.63, 3.8) is 0 Å². The number of hydrogen-bond acceptors (Lipinski definition) is 1. The molecule has 0 spiro atoms. The summed E-state index contributed by atoms with van der Waals surface area (Å²) in [4.78, 5) is 3.31. The predicted octanol–water partition coefficient (Wildman–Crippen LogP) is -2.04. The van der Waals surface area contributed by atoms with Gasteiger partial charge in [-0.05, 0) is 6.54 Å². The lowest BCUT2D eigenvalue weighted by Crippen LogP contribution is -2.17. The lowest BCUT2D eigenvalue weighted by Gasteiger charge is -1.85. The molecule has 0 aromatic heterocycles. The first kappa shape index (κ1) is 5.39. The van der Waals surface area contributed by atoms with Crippen molar-refractivity contribution in [2.75, 3.05) is 6.54 Å². The van der Waals surface area contributed by atoms with Crippen molar-refractivity contribution in [1.29, 1.82) is 0 Å². The maximum absolute atomic E-state index is 3.31. The summed E-state index contributed by atoms with van der Waals surface area (Å²) in [5.41, 5.74) is 0. The molecule has 0 heterocycles. The van der Waals surface area contributed by atoms with Crippen LogP contribution in [0.25, 0.3) is 0 Å². The molecule has 32 valence electrons. The van der Waals surface area contributed by atoms with Gasteiger partial charge in [0.2, 0.25) is 0 Å². The first-order valence-electron chi connectivity index (χ1n) is 2.12. The second-order valence-electron chi connectivity index (χ2n) is 0.957. The third-order valence-corrected chi connectivity index (χ3v) is 3.00. The molecule has 0 aliphatic carbocycles. The highest BCUT2D eigenvalue weighted by Crippen LogP contribution is 1.39. The summed E-state index contributed by atoms with van der Waals surface area (Å²) in [6, 6.07) is 0. The highest BCUT2D eigenvalue weighted by atomic mass is 29.1.